The molecule has 0 heterocycles. The van der Waals surface area contributed by atoms with E-state index in [0.717, 1.165) is 5.92 Å². The van der Waals surface area contributed by atoms with E-state index in [0.29, 0.717) is 23.4 Å². The van der Waals surface area contributed by atoms with Crippen LogP contribution in [0.25, 0.3) is 0 Å². The van der Waals surface area contributed by atoms with Gasteiger partial charge in [-0.15, -0.1) is 0 Å². The second-order valence-electron chi connectivity index (χ2n) is 7.13. The Balaban J connectivity index is 2.07. The highest BCUT2D eigenvalue weighted by Crippen LogP contribution is 2.62. The third kappa shape index (κ3) is 2.07. The molecule has 2 N–H and O–H groups in total. The van der Waals surface area contributed by atoms with Crippen molar-refractivity contribution in [2.75, 3.05) is 6.54 Å². The van der Waals surface area contributed by atoms with Crippen molar-refractivity contribution in [3.63, 3.8) is 0 Å². The molecule has 3 nitrogen and oxygen atoms in total. The lowest BCUT2D eigenvalue weighted by molar-refractivity contribution is -0.123. The highest BCUT2D eigenvalue weighted by molar-refractivity contribution is 5.81. The van der Waals surface area contributed by atoms with E-state index in [1.165, 1.54) is 19.3 Å². The topological polar surface area (TPSA) is 41.1 Å². The summed E-state index contributed by atoms with van der Waals surface area (Å²) in [7, 11) is 0. The summed E-state index contributed by atoms with van der Waals surface area (Å²) in [5, 5.41) is 6.52. The Kier molecular flexibility index (Phi) is 3.48. The van der Waals surface area contributed by atoms with Gasteiger partial charge in [-0.3, -0.25) is 4.79 Å². The molecule has 0 saturated heterocycles. The summed E-state index contributed by atoms with van der Waals surface area (Å²) in [6.45, 7) is 11.8. The number of hydrogen-bond acceptors (Lipinski definition) is 2. The Morgan fingerprint density at radius 2 is 2.06 bits per heavy atom. The van der Waals surface area contributed by atoms with E-state index in [1.807, 2.05) is 13.8 Å². The summed E-state index contributed by atoms with van der Waals surface area (Å²) in [5.41, 5.74) is 0.697. The summed E-state index contributed by atoms with van der Waals surface area (Å²) in [6, 6.07) is 0.367. The molecular weight excluding hydrogens is 224 g/mol. The number of rotatable bonds is 4. The van der Waals surface area contributed by atoms with Crippen LogP contribution in [-0.4, -0.2) is 24.5 Å². The van der Waals surface area contributed by atoms with Crippen LogP contribution in [0.2, 0.25) is 0 Å². The van der Waals surface area contributed by atoms with Crippen molar-refractivity contribution in [2.45, 2.75) is 66.0 Å². The molecule has 0 aromatic rings. The van der Waals surface area contributed by atoms with Gasteiger partial charge < -0.3 is 10.6 Å². The van der Waals surface area contributed by atoms with E-state index in [9.17, 15) is 4.79 Å². The van der Waals surface area contributed by atoms with Crippen LogP contribution in [0, 0.1) is 16.7 Å². The molecule has 2 saturated carbocycles. The average molecular weight is 252 g/mol. The van der Waals surface area contributed by atoms with Crippen molar-refractivity contribution < 1.29 is 4.79 Å². The molecular formula is C15H28N2O. The van der Waals surface area contributed by atoms with Gasteiger partial charge >= 0.3 is 0 Å². The number of amides is 1. The van der Waals surface area contributed by atoms with Crippen LogP contribution in [0.3, 0.4) is 0 Å². The van der Waals surface area contributed by atoms with E-state index in [-0.39, 0.29) is 11.9 Å². The Morgan fingerprint density at radius 1 is 1.39 bits per heavy atom. The van der Waals surface area contributed by atoms with Crippen molar-refractivity contribution in [1.29, 1.82) is 0 Å². The van der Waals surface area contributed by atoms with Crippen LogP contribution in [0.15, 0.2) is 0 Å². The number of carbonyl (C=O) groups excluding carboxylic acids is 1. The first-order valence-corrected chi connectivity index (χ1v) is 7.35. The van der Waals surface area contributed by atoms with Gasteiger partial charge in [0.15, 0.2) is 0 Å². The average Bonchev–Trinajstić information content (AvgIpc) is 2.75. The number of carbonyl (C=O) groups is 1. The highest BCUT2D eigenvalue weighted by Gasteiger charge is 2.59. The standard InChI is InChI=1S/C15H28N2O/c1-6-16-12(18)10(2)17-13-14(3,4)11-7-8-15(13,5)9-11/h10-11,13,17H,6-9H2,1-5H3,(H,16,18). The van der Waals surface area contributed by atoms with Crippen molar-refractivity contribution in [1.82, 2.24) is 10.6 Å². The molecule has 2 fully saturated rings. The fourth-order valence-electron chi connectivity index (χ4n) is 4.37. The maximum Gasteiger partial charge on any atom is 0.236 e. The predicted octanol–water partition coefficient (Wildman–Crippen LogP) is 2.32. The zero-order valence-corrected chi connectivity index (χ0v) is 12.5. The summed E-state index contributed by atoms with van der Waals surface area (Å²) in [4.78, 5) is 11.9. The SMILES string of the molecule is CCNC(=O)C(C)NC1C2(C)CCC(C2)C1(C)C. The fourth-order valence-corrected chi connectivity index (χ4v) is 4.37. The molecule has 104 valence electrons. The largest absolute Gasteiger partial charge is 0.355 e. The normalized spacial score (nSPS) is 38.7. The minimum Gasteiger partial charge on any atom is -0.355 e. The first kappa shape index (κ1) is 13.9. The molecule has 18 heavy (non-hydrogen) atoms. The minimum atomic E-state index is -0.0922. The van der Waals surface area contributed by atoms with Crippen LogP contribution in [-0.2, 0) is 4.79 Å². The van der Waals surface area contributed by atoms with Crippen molar-refractivity contribution in [3.05, 3.63) is 0 Å². The first-order valence-electron chi connectivity index (χ1n) is 7.35. The first-order chi connectivity index (χ1) is 8.31. The molecule has 0 aromatic carbocycles. The molecule has 0 aromatic heterocycles. The van der Waals surface area contributed by atoms with E-state index < -0.39 is 0 Å². The lowest BCUT2D eigenvalue weighted by atomic mass is 9.68. The molecule has 2 aliphatic carbocycles. The summed E-state index contributed by atoms with van der Waals surface area (Å²) in [5.74, 6) is 0.945. The third-order valence-electron chi connectivity index (χ3n) is 5.43. The smallest absolute Gasteiger partial charge is 0.236 e. The van der Waals surface area contributed by atoms with Crippen LogP contribution in [0.1, 0.15) is 53.9 Å². The highest BCUT2D eigenvalue weighted by atomic mass is 16.2. The quantitative estimate of drug-likeness (QED) is 0.806. The number of nitrogens with one attached hydrogen (secondary N) is 2. The zero-order chi connectivity index (χ0) is 13.6. The second-order valence-corrected chi connectivity index (χ2v) is 7.13. The lowest BCUT2D eigenvalue weighted by Gasteiger charge is -2.44. The molecule has 3 heteroatoms. The van der Waals surface area contributed by atoms with Crippen molar-refractivity contribution >= 4 is 5.91 Å². The molecule has 2 aliphatic rings. The lowest BCUT2D eigenvalue weighted by Crippen LogP contribution is -2.56. The van der Waals surface area contributed by atoms with Crippen LogP contribution < -0.4 is 10.6 Å². The fraction of sp³-hybridized carbons (Fsp3) is 0.933. The molecule has 0 radical (unpaired) electrons. The maximum atomic E-state index is 11.9. The minimum absolute atomic E-state index is 0.0922. The third-order valence-corrected chi connectivity index (χ3v) is 5.43. The van der Waals surface area contributed by atoms with Crippen molar-refractivity contribution in [2.24, 2.45) is 16.7 Å². The Labute approximate surface area is 111 Å². The van der Waals surface area contributed by atoms with Gasteiger partial charge in [-0.1, -0.05) is 20.8 Å². The molecule has 0 spiro atoms. The van der Waals surface area contributed by atoms with E-state index >= 15 is 0 Å². The number of fused-ring (bicyclic) bond motifs is 2. The van der Waals surface area contributed by atoms with Gasteiger partial charge in [0.1, 0.15) is 0 Å². The molecule has 4 unspecified atom stereocenters. The molecule has 2 rings (SSSR count). The van der Waals surface area contributed by atoms with Gasteiger partial charge in [-0.25, -0.2) is 0 Å². The predicted molar refractivity (Wildman–Crippen MR) is 74.3 cm³/mol. The second kappa shape index (κ2) is 4.52. The Bertz CT molecular complexity index is 335. The summed E-state index contributed by atoms with van der Waals surface area (Å²) >= 11 is 0. The van der Waals surface area contributed by atoms with E-state index in [4.69, 9.17) is 0 Å². The van der Waals surface area contributed by atoms with Crippen molar-refractivity contribution in [3.8, 4) is 0 Å². The summed E-state index contributed by atoms with van der Waals surface area (Å²) < 4.78 is 0. The van der Waals surface area contributed by atoms with Crippen LogP contribution in [0.5, 0.6) is 0 Å². The molecule has 2 bridgehead atoms. The van der Waals surface area contributed by atoms with Crippen LogP contribution >= 0.6 is 0 Å². The van der Waals surface area contributed by atoms with Gasteiger partial charge in [-0.05, 0) is 49.9 Å². The maximum absolute atomic E-state index is 11.9. The molecule has 0 aliphatic heterocycles. The molecule has 4 atom stereocenters. The van der Waals surface area contributed by atoms with Gasteiger partial charge in [-0.2, -0.15) is 0 Å². The van der Waals surface area contributed by atoms with Gasteiger partial charge in [0.05, 0.1) is 6.04 Å². The number of hydrogen-bond donors (Lipinski definition) is 2. The summed E-state index contributed by atoms with van der Waals surface area (Å²) in [6.07, 6.45) is 3.98. The monoisotopic (exact) mass is 252 g/mol. The van der Waals surface area contributed by atoms with Crippen LogP contribution in [0.4, 0.5) is 0 Å². The van der Waals surface area contributed by atoms with E-state index in [1.54, 1.807) is 0 Å². The number of likely N-dealkylation sites (N-methyl/N-ethyl adjacent to an activating group) is 1. The van der Waals surface area contributed by atoms with E-state index in [2.05, 4.69) is 31.4 Å². The molecule has 1 amide bonds. The van der Waals surface area contributed by atoms with Gasteiger partial charge in [0, 0.05) is 12.6 Å². The zero-order valence-electron chi connectivity index (χ0n) is 12.5. The van der Waals surface area contributed by atoms with Gasteiger partial charge in [0.25, 0.3) is 0 Å². The van der Waals surface area contributed by atoms with Gasteiger partial charge in [0.2, 0.25) is 5.91 Å². The Morgan fingerprint density at radius 3 is 2.56 bits per heavy atom. The Hall–Kier alpha value is -0.570.